The zero-order chi connectivity index (χ0) is 13.7. The number of rotatable bonds is 6. The first-order valence-corrected chi connectivity index (χ1v) is 5.85. The summed E-state index contributed by atoms with van der Waals surface area (Å²) in [4.78, 5) is 10.8. The van der Waals surface area contributed by atoms with Gasteiger partial charge in [-0.05, 0) is 19.9 Å². The summed E-state index contributed by atoms with van der Waals surface area (Å²) in [5.74, 6) is 0.426. The third-order valence-electron chi connectivity index (χ3n) is 2.75. The van der Waals surface area contributed by atoms with Crippen LogP contribution >= 0.6 is 0 Å². The molecule has 0 heterocycles. The molecule has 2 unspecified atom stereocenters. The molecular formula is C13H20N2O3. The molecule has 18 heavy (non-hydrogen) atoms. The van der Waals surface area contributed by atoms with Crippen molar-refractivity contribution < 1.29 is 14.6 Å². The van der Waals surface area contributed by atoms with E-state index in [0.29, 0.717) is 5.75 Å². The van der Waals surface area contributed by atoms with Crippen molar-refractivity contribution in [1.82, 2.24) is 5.32 Å². The van der Waals surface area contributed by atoms with Gasteiger partial charge >= 0.3 is 0 Å². The van der Waals surface area contributed by atoms with Crippen LogP contribution in [0, 0.1) is 0 Å². The molecule has 1 rings (SSSR count). The second kappa shape index (κ2) is 6.26. The first kappa shape index (κ1) is 14.3. The van der Waals surface area contributed by atoms with Gasteiger partial charge in [0, 0.05) is 30.1 Å². The first-order valence-electron chi connectivity index (χ1n) is 5.85. The number of methoxy groups -OCH3 is 1. The fraction of sp³-hybridized carbons (Fsp3) is 0.462. The van der Waals surface area contributed by atoms with Gasteiger partial charge in [0.15, 0.2) is 0 Å². The number of nitrogens with one attached hydrogen (secondary N) is 1. The van der Waals surface area contributed by atoms with Gasteiger partial charge in [0.05, 0.1) is 7.11 Å². The highest BCUT2D eigenvalue weighted by atomic mass is 16.5. The number of primary amides is 1. The van der Waals surface area contributed by atoms with Crippen LogP contribution in [0.3, 0.4) is 0 Å². The number of hydrogen-bond donors (Lipinski definition) is 3. The topological polar surface area (TPSA) is 84.6 Å². The SMILES string of the molecule is COc1ccc(C(C)NC(C)CC(N)=O)c(O)c1. The highest BCUT2D eigenvalue weighted by molar-refractivity contribution is 5.74. The second-order valence-electron chi connectivity index (χ2n) is 4.38. The monoisotopic (exact) mass is 252 g/mol. The number of carbonyl (C=O) groups is 1. The van der Waals surface area contributed by atoms with Crippen LogP contribution in [-0.4, -0.2) is 24.2 Å². The summed E-state index contributed by atoms with van der Waals surface area (Å²) in [6.07, 6.45) is 0.265. The van der Waals surface area contributed by atoms with Crippen LogP contribution in [0.25, 0.3) is 0 Å². The summed E-state index contributed by atoms with van der Waals surface area (Å²) in [5.41, 5.74) is 5.89. The van der Waals surface area contributed by atoms with E-state index in [-0.39, 0.29) is 30.2 Å². The molecule has 0 fully saturated rings. The van der Waals surface area contributed by atoms with E-state index in [2.05, 4.69) is 5.32 Å². The van der Waals surface area contributed by atoms with Crippen molar-refractivity contribution in [1.29, 1.82) is 0 Å². The van der Waals surface area contributed by atoms with Crippen molar-refractivity contribution in [2.24, 2.45) is 5.73 Å². The highest BCUT2D eigenvalue weighted by Crippen LogP contribution is 2.28. The summed E-state index contributed by atoms with van der Waals surface area (Å²) in [7, 11) is 1.55. The fourth-order valence-corrected chi connectivity index (χ4v) is 1.89. The van der Waals surface area contributed by atoms with E-state index in [1.807, 2.05) is 13.8 Å². The van der Waals surface area contributed by atoms with Gasteiger partial charge in [0.2, 0.25) is 5.91 Å². The highest BCUT2D eigenvalue weighted by Gasteiger charge is 2.14. The normalized spacial score (nSPS) is 13.9. The number of carbonyl (C=O) groups excluding carboxylic acids is 1. The van der Waals surface area contributed by atoms with Crippen LogP contribution in [0.2, 0.25) is 0 Å². The molecule has 100 valence electrons. The molecule has 5 nitrogen and oxygen atoms in total. The Labute approximate surface area is 107 Å². The van der Waals surface area contributed by atoms with Crippen molar-refractivity contribution in [2.75, 3.05) is 7.11 Å². The van der Waals surface area contributed by atoms with Crippen molar-refractivity contribution >= 4 is 5.91 Å². The van der Waals surface area contributed by atoms with Gasteiger partial charge in [0.1, 0.15) is 11.5 Å². The molecule has 0 spiro atoms. The molecule has 0 aliphatic carbocycles. The van der Waals surface area contributed by atoms with E-state index in [0.717, 1.165) is 5.56 Å². The lowest BCUT2D eigenvalue weighted by Crippen LogP contribution is -2.32. The van der Waals surface area contributed by atoms with Crippen molar-refractivity contribution in [3.63, 3.8) is 0 Å². The van der Waals surface area contributed by atoms with Gasteiger partial charge in [-0.2, -0.15) is 0 Å². The fourth-order valence-electron chi connectivity index (χ4n) is 1.89. The molecule has 1 aromatic carbocycles. The zero-order valence-corrected chi connectivity index (χ0v) is 10.9. The molecule has 0 aliphatic rings. The van der Waals surface area contributed by atoms with E-state index in [4.69, 9.17) is 10.5 Å². The molecule has 0 saturated heterocycles. The third kappa shape index (κ3) is 3.92. The minimum absolute atomic E-state index is 0.0426. The standard InChI is InChI=1S/C13H20N2O3/c1-8(6-13(14)17)15-9(2)11-5-4-10(18-3)7-12(11)16/h4-5,7-9,15-16H,6H2,1-3H3,(H2,14,17). The first-order chi connectivity index (χ1) is 8.43. The summed E-state index contributed by atoms with van der Waals surface area (Å²) in [6, 6.07) is 5.02. The lowest BCUT2D eigenvalue weighted by atomic mass is 10.1. The van der Waals surface area contributed by atoms with Gasteiger partial charge in [-0.3, -0.25) is 4.79 Å². The minimum Gasteiger partial charge on any atom is -0.507 e. The number of amides is 1. The Morgan fingerprint density at radius 1 is 1.50 bits per heavy atom. The van der Waals surface area contributed by atoms with Crippen LogP contribution in [-0.2, 0) is 4.79 Å². The number of phenolic OH excluding ortho intramolecular Hbond substituents is 1. The predicted octanol–water partition coefficient (Wildman–Crippen LogP) is 1.32. The van der Waals surface area contributed by atoms with E-state index >= 15 is 0 Å². The van der Waals surface area contributed by atoms with Crippen molar-refractivity contribution in [3.05, 3.63) is 23.8 Å². The quantitative estimate of drug-likeness (QED) is 0.712. The predicted molar refractivity (Wildman–Crippen MR) is 69.5 cm³/mol. The lowest BCUT2D eigenvalue weighted by Gasteiger charge is -2.20. The summed E-state index contributed by atoms with van der Waals surface area (Å²) >= 11 is 0. The molecule has 4 N–H and O–H groups in total. The number of benzene rings is 1. The van der Waals surface area contributed by atoms with Crippen LogP contribution in [0.15, 0.2) is 18.2 Å². The minimum atomic E-state index is -0.346. The van der Waals surface area contributed by atoms with Crippen LogP contribution in [0.1, 0.15) is 31.9 Å². The number of ether oxygens (including phenoxy) is 1. The largest absolute Gasteiger partial charge is 0.507 e. The Kier molecular flexibility index (Phi) is 4.97. The zero-order valence-electron chi connectivity index (χ0n) is 10.9. The second-order valence-corrected chi connectivity index (χ2v) is 4.38. The Hall–Kier alpha value is -1.75. The third-order valence-corrected chi connectivity index (χ3v) is 2.75. The van der Waals surface area contributed by atoms with E-state index in [1.165, 1.54) is 0 Å². The number of hydrogen-bond acceptors (Lipinski definition) is 4. The Balaban J connectivity index is 2.72. The van der Waals surface area contributed by atoms with Gasteiger partial charge in [-0.15, -0.1) is 0 Å². The Morgan fingerprint density at radius 3 is 2.67 bits per heavy atom. The number of nitrogens with two attached hydrogens (primary N) is 1. The molecule has 1 amide bonds. The van der Waals surface area contributed by atoms with E-state index in [1.54, 1.807) is 25.3 Å². The van der Waals surface area contributed by atoms with Crippen LogP contribution in [0.4, 0.5) is 0 Å². The molecule has 0 bridgehead atoms. The summed E-state index contributed by atoms with van der Waals surface area (Å²) < 4.78 is 5.02. The molecule has 2 atom stereocenters. The van der Waals surface area contributed by atoms with Gasteiger partial charge in [0.25, 0.3) is 0 Å². The molecule has 1 aromatic rings. The Bertz CT molecular complexity index is 421. The maximum atomic E-state index is 10.8. The molecule has 0 aliphatic heterocycles. The van der Waals surface area contributed by atoms with E-state index < -0.39 is 0 Å². The molecule has 0 radical (unpaired) electrons. The average molecular weight is 252 g/mol. The maximum Gasteiger partial charge on any atom is 0.218 e. The van der Waals surface area contributed by atoms with E-state index in [9.17, 15) is 9.90 Å². The smallest absolute Gasteiger partial charge is 0.218 e. The van der Waals surface area contributed by atoms with Crippen molar-refractivity contribution in [2.45, 2.75) is 32.4 Å². The maximum absolute atomic E-state index is 10.8. The Morgan fingerprint density at radius 2 is 2.17 bits per heavy atom. The molecular weight excluding hydrogens is 232 g/mol. The van der Waals surface area contributed by atoms with Crippen LogP contribution < -0.4 is 15.8 Å². The lowest BCUT2D eigenvalue weighted by molar-refractivity contribution is -0.118. The summed E-state index contributed by atoms with van der Waals surface area (Å²) in [5, 5.41) is 13.1. The molecule has 0 aromatic heterocycles. The van der Waals surface area contributed by atoms with Crippen molar-refractivity contribution in [3.8, 4) is 11.5 Å². The van der Waals surface area contributed by atoms with Gasteiger partial charge in [-0.25, -0.2) is 0 Å². The van der Waals surface area contributed by atoms with Crippen LogP contribution in [0.5, 0.6) is 11.5 Å². The molecule has 0 saturated carbocycles. The average Bonchev–Trinajstić information content (AvgIpc) is 2.27. The number of phenols is 1. The van der Waals surface area contributed by atoms with Gasteiger partial charge in [-0.1, -0.05) is 6.07 Å². The van der Waals surface area contributed by atoms with Gasteiger partial charge < -0.3 is 20.9 Å². The number of aromatic hydroxyl groups is 1. The summed E-state index contributed by atoms with van der Waals surface area (Å²) in [6.45, 7) is 3.79. The molecule has 5 heteroatoms.